The Hall–Kier alpha value is -1.84. The summed E-state index contributed by atoms with van der Waals surface area (Å²) in [6.45, 7) is 9.16. The van der Waals surface area contributed by atoms with Crippen LogP contribution in [0, 0.1) is 0 Å². The summed E-state index contributed by atoms with van der Waals surface area (Å²) in [5.41, 5.74) is 0. The Labute approximate surface area is 383 Å². The van der Waals surface area contributed by atoms with Crippen molar-refractivity contribution in [2.24, 2.45) is 0 Å². The van der Waals surface area contributed by atoms with E-state index in [0.29, 0.717) is 25.3 Å². The van der Waals surface area contributed by atoms with Gasteiger partial charge < -0.3 is 10.2 Å². The SMILES string of the molecule is CCCCCCCC/C=C/CCCCCCCCN(CCCNC(=O)CCCCCCC/C=C/CCCCCCCC)C(=O)CCCCCCC/C=C/CCCCCCCC. The van der Waals surface area contributed by atoms with Crippen molar-refractivity contribution >= 4 is 11.8 Å². The van der Waals surface area contributed by atoms with Crippen molar-refractivity contribution in [2.75, 3.05) is 19.6 Å². The van der Waals surface area contributed by atoms with E-state index >= 15 is 0 Å². The second kappa shape index (κ2) is 52.5. The minimum atomic E-state index is 0.178. The molecule has 0 aromatic heterocycles. The largest absolute Gasteiger partial charge is 0.356 e. The van der Waals surface area contributed by atoms with Crippen LogP contribution in [0.4, 0.5) is 0 Å². The van der Waals surface area contributed by atoms with E-state index in [4.69, 9.17) is 0 Å². The van der Waals surface area contributed by atoms with Crippen molar-refractivity contribution in [2.45, 2.75) is 297 Å². The smallest absolute Gasteiger partial charge is 0.222 e. The Balaban J connectivity index is 4.26. The van der Waals surface area contributed by atoms with Crippen LogP contribution in [0.5, 0.6) is 0 Å². The molecule has 0 unspecified atom stereocenters. The average molecular weight is 854 g/mol. The quantitative estimate of drug-likeness (QED) is 0.0490. The summed E-state index contributed by atoms with van der Waals surface area (Å²) in [7, 11) is 0. The summed E-state index contributed by atoms with van der Waals surface area (Å²) in [4.78, 5) is 28.1. The summed E-state index contributed by atoms with van der Waals surface area (Å²) >= 11 is 0. The van der Waals surface area contributed by atoms with E-state index in [1.54, 1.807) is 0 Å². The van der Waals surface area contributed by atoms with Crippen LogP contribution in [-0.2, 0) is 9.59 Å². The van der Waals surface area contributed by atoms with Crippen LogP contribution in [0.2, 0.25) is 0 Å². The predicted octanol–water partition coefficient (Wildman–Crippen LogP) is 18.4. The van der Waals surface area contributed by atoms with Gasteiger partial charge in [-0.2, -0.15) is 0 Å². The molecule has 0 spiro atoms. The number of unbranched alkanes of at least 4 members (excludes halogenated alkanes) is 34. The van der Waals surface area contributed by atoms with Crippen molar-refractivity contribution in [1.29, 1.82) is 0 Å². The molecule has 61 heavy (non-hydrogen) atoms. The van der Waals surface area contributed by atoms with Crippen molar-refractivity contribution < 1.29 is 9.59 Å². The first kappa shape index (κ1) is 59.2. The Kier molecular flexibility index (Phi) is 50.9. The molecule has 0 aliphatic carbocycles. The third kappa shape index (κ3) is 49.0. The van der Waals surface area contributed by atoms with Crippen LogP contribution < -0.4 is 5.32 Å². The van der Waals surface area contributed by atoms with Crippen molar-refractivity contribution in [3.05, 3.63) is 36.5 Å². The number of allylic oxidation sites excluding steroid dienone is 6. The van der Waals surface area contributed by atoms with E-state index in [9.17, 15) is 9.59 Å². The topological polar surface area (TPSA) is 49.4 Å². The minimum Gasteiger partial charge on any atom is -0.356 e. The normalized spacial score (nSPS) is 11.9. The number of nitrogens with zero attached hydrogens (tertiary/aromatic N) is 1. The number of amides is 2. The van der Waals surface area contributed by atoms with Gasteiger partial charge in [0.1, 0.15) is 0 Å². The van der Waals surface area contributed by atoms with Crippen LogP contribution in [0.3, 0.4) is 0 Å². The predicted molar refractivity (Wildman–Crippen MR) is 273 cm³/mol. The highest BCUT2D eigenvalue weighted by Gasteiger charge is 2.13. The Morgan fingerprint density at radius 1 is 0.328 bits per heavy atom. The van der Waals surface area contributed by atoms with Gasteiger partial charge in [-0.15, -0.1) is 0 Å². The van der Waals surface area contributed by atoms with Crippen LogP contribution in [-0.4, -0.2) is 36.3 Å². The number of rotatable bonds is 50. The molecule has 0 aromatic rings. The summed E-state index contributed by atoms with van der Waals surface area (Å²) in [5.74, 6) is 0.502. The lowest BCUT2D eigenvalue weighted by Gasteiger charge is -2.23. The number of hydrogen-bond donors (Lipinski definition) is 1. The molecular formula is C57H108N2O2. The molecule has 0 fully saturated rings. The van der Waals surface area contributed by atoms with Crippen LogP contribution >= 0.6 is 0 Å². The lowest BCUT2D eigenvalue weighted by molar-refractivity contribution is -0.131. The lowest BCUT2D eigenvalue weighted by Crippen LogP contribution is -2.35. The second-order valence-electron chi connectivity index (χ2n) is 18.7. The highest BCUT2D eigenvalue weighted by Crippen LogP contribution is 2.15. The third-order valence-electron chi connectivity index (χ3n) is 12.5. The standard InChI is InChI=1S/C57H108N2O2/c1-4-7-10-13-16-19-22-25-28-31-34-37-40-43-46-49-54-59(57(61)52-48-45-42-39-36-33-30-27-24-21-18-15-12-9-6-3)55-50-53-58-56(60)51-47-44-41-38-35-32-29-26-23-20-17-14-11-8-5-2/h25-30H,4-24,31-55H2,1-3H3,(H,58,60)/b28-25+,29-26+,30-27+. The maximum atomic E-state index is 13.4. The molecular weight excluding hydrogens is 745 g/mol. The van der Waals surface area contributed by atoms with Gasteiger partial charge in [-0.25, -0.2) is 0 Å². The molecule has 0 heterocycles. The number of carbonyl (C=O) groups excluding carboxylic acids is 2. The zero-order chi connectivity index (χ0) is 44.2. The molecule has 4 heteroatoms. The molecule has 0 saturated heterocycles. The van der Waals surface area contributed by atoms with Crippen molar-refractivity contribution in [1.82, 2.24) is 10.2 Å². The summed E-state index contributed by atoms with van der Waals surface area (Å²) in [5, 5.41) is 3.15. The van der Waals surface area contributed by atoms with Gasteiger partial charge in [-0.05, 0) is 103 Å². The van der Waals surface area contributed by atoms with Gasteiger partial charge in [-0.1, -0.05) is 218 Å². The Morgan fingerprint density at radius 3 is 0.967 bits per heavy atom. The molecule has 1 N–H and O–H groups in total. The molecule has 2 amide bonds. The highest BCUT2D eigenvalue weighted by atomic mass is 16.2. The molecule has 0 radical (unpaired) electrons. The number of carbonyl (C=O) groups is 2. The zero-order valence-corrected chi connectivity index (χ0v) is 41.8. The lowest BCUT2D eigenvalue weighted by atomic mass is 10.1. The first-order chi connectivity index (χ1) is 30.2. The van der Waals surface area contributed by atoms with E-state index in [-0.39, 0.29) is 5.91 Å². The maximum absolute atomic E-state index is 13.4. The van der Waals surface area contributed by atoms with E-state index in [1.165, 1.54) is 225 Å². The van der Waals surface area contributed by atoms with Crippen LogP contribution in [0.1, 0.15) is 297 Å². The molecule has 0 saturated carbocycles. The van der Waals surface area contributed by atoms with Gasteiger partial charge in [0.15, 0.2) is 0 Å². The highest BCUT2D eigenvalue weighted by molar-refractivity contribution is 5.76. The van der Waals surface area contributed by atoms with Crippen LogP contribution in [0.25, 0.3) is 0 Å². The zero-order valence-electron chi connectivity index (χ0n) is 41.8. The van der Waals surface area contributed by atoms with Gasteiger partial charge in [0.05, 0.1) is 0 Å². The van der Waals surface area contributed by atoms with Gasteiger partial charge in [0.2, 0.25) is 11.8 Å². The Morgan fingerprint density at radius 2 is 0.607 bits per heavy atom. The molecule has 0 aromatic carbocycles. The fourth-order valence-electron chi connectivity index (χ4n) is 8.36. The Bertz CT molecular complexity index is 970. The molecule has 0 bridgehead atoms. The van der Waals surface area contributed by atoms with Gasteiger partial charge in [0.25, 0.3) is 0 Å². The fourth-order valence-corrected chi connectivity index (χ4v) is 8.36. The van der Waals surface area contributed by atoms with E-state index < -0.39 is 0 Å². The van der Waals surface area contributed by atoms with E-state index in [0.717, 1.165) is 51.6 Å². The van der Waals surface area contributed by atoms with Crippen molar-refractivity contribution in [3.63, 3.8) is 0 Å². The molecule has 358 valence electrons. The summed E-state index contributed by atoms with van der Waals surface area (Å²) < 4.78 is 0. The molecule has 0 aliphatic rings. The molecule has 0 rings (SSSR count). The van der Waals surface area contributed by atoms with Gasteiger partial charge in [0, 0.05) is 32.5 Å². The summed E-state index contributed by atoms with van der Waals surface area (Å²) in [6, 6.07) is 0. The second-order valence-corrected chi connectivity index (χ2v) is 18.7. The summed E-state index contributed by atoms with van der Waals surface area (Å²) in [6.07, 6.45) is 68.0. The van der Waals surface area contributed by atoms with E-state index in [2.05, 4.69) is 67.4 Å². The number of nitrogens with one attached hydrogen (secondary N) is 1. The maximum Gasteiger partial charge on any atom is 0.222 e. The first-order valence-corrected chi connectivity index (χ1v) is 27.6. The molecule has 0 aliphatic heterocycles. The van der Waals surface area contributed by atoms with Gasteiger partial charge in [-0.3, -0.25) is 9.59 Å². The monoisotopic (exact) mass is 853 g/mol. The molecule has 0 atom stereocenters. The minimum absolute atomic E-state index is 0.178. The molecule has 4 nitrogen and oxygen atoms in total. The van der Waals surface area contributed by atoms with Gasteiger partial charge >= 0.3 is 0 Å². The fraction of sp³-hybridized carbons (Fsp3) is 0.860. The average Bonchev–Trinajstić information content (AvgIpc) is 3.26. The van der Waals surface area contributed by atoms with Crippen molar-refractivity contribution in [3.8, 4) is 0 Å². The van der Waals surface area contributed by atoms with E-state index in [1.807, 2.05) is 0 Å². The van der Waals surface area contributed by atoms with Crippen LogP contribution in [0.15, 0.2) is 36.5 Å². The third-order valence-corrected chi connectivity index (χ3v) is 12.5. The number of hydrogen-bond acceptors (Lipinski definition) is 2. The first-order valence-electron chi connectivity index (χ1n) is 27.6.